The van der Waals surface area contributed by atoms with Gasteiger partial charge in [-0.05, 0) is 47.7 Å². The molecule has 8 nitrogen and oxygen atoms in total. The highest BCUT2D eigenvalue weighted by Gasteiger charge is 2.19. The average Bonchev–Trinajstić information content (AvgIpc) is 3.20. The Kier molecular flexibility index (Phi) is 6.49. The highest BCUT2D eigenvalue weighted by Crippen LogP contribution is 2.24. The lowest BCUT2D eigenvalue weighted by Gasteiger charge is -2.13. The van der Waals surface area contributed by atoms with Gasteiger partial charge in [-0.3, -0.25) is 4.79 Å². The van der Waals surface area contributed by atoms with Crippen LogP contribution in [-0.2, 0) is 11.3 Å². The lowest BCUT2D eigenvalue weighted by atomic mass is 10.2. The fourth-order valence-corrected chi connectivity index (χ4v) is 3.36. The molecule has 0 aliphatic carbocycles. The van der Waals surface area contributed by atoms with Crippen LogP contribution < -0.4 is 14.8 Å². The van der Waals surface area contributed by atoms with Crippen molar-refractivity contribution in [2.45, 2.75) is 23.9 Å². The number of ether oxygens (including phenoxy) is 2. The number of aromatic nitrogens is 4. The molecule has 1 heterocycles. The molecule has 0 saturated heterocycles. The van der Waals surface area contributed by atoms with Crippen molar-refractivity contribution >= 4 is 17.7 Å². The summed E-state index contributed by atoms with van der Waals surface area (Å²) in [4.78, 5) is 12.5. The molecular weight excluding hydrogens is 378 g/mol. The Bertz CT molecular complexity index is 929. The molecule has 0 saturated carbocycles. The van der Waals surface area contributed by atoms with Crippen molar-refractivity contribution in [3.05, 3.63) is 54.1 Å². The van der Waals surface area contributed by atoms with E-state index in [2.05, 4.69) is 20.8 Å². The van der Waals surface area contributed by atoms with E-state index >= 15 is 0 Å². The number of para-hydroxylation sites is 1. The average molecular weight is 399 g/mol. The van der Waals surface area contributed by atoms with E-state index in [-0.39, 0.29) is 11.2 Å². The summed E-state index contributed by atoms with van der Waals surface area (Å²) in [5.41, 5.74) is 1.70. The second-order valence-corrected chi connectivity index (χ2v) is 7.17. The molecule has 1 amide bonds. The Hall–Kier alpha value is -3.07. The van der Waals surface area contributed by atoms with Gasteiger partial charge in [0.05, 0.1) is 25.2 Å². The minimum atomic E-state index is -0.377. The van der Waals surface area contributed by atoms with Gasteiger partial charge in [-0.15, -0.1) is 5.10 Å². The first-order valence-electron chi connectivity index (χ1n) is 8.61. The van der Waals surface area contributed by atoms with Gasteiger partial charge in [0.1, 0.15) is 11.5 Å². The van der Waals surface area contributed by atoms with Crippen molar-refractivity contribution in [2.24, 2.45) is 0 Å². The minimum absolute atomic E-state index is 0.111. The van der Waals surface area contributed by atoms with E-state index in [1.807, 2.05) is 55.5 Å². The van der Waals surface area contributed by atoms with Gasteiger partial charge < -0.3 is 14.8 Å². The van der Waals surface area contributed by atoms with E-state index in [4.69, 9.17) is 9.47 Å². The van der Waals surface area contributed by atoms with Gasteiger partial charge in [0, 0.05) is 12.1 Å². The lowest BCUT2D eigenvalue weighted by molar-refractivity contribution is -0.120. The largest absolute Gasteiger partial charge is 0.497 e. The predicted molar refractivity (Wildman–Crippen MR) is 106 cm³/mol. The van der Waals surface area contributed by atoms with Crippen LogP contribution in [0.1, 0.15) is 12.5 Å². The molecule has 0 unspecified atom stereocenters. The van der Waals surface area contributed by atoms with Gasteiger partial charge in [0.25, 0.3) is 0 Å². The van der Waals surface area contributed by atoms with Crippen LogP contribution in [0.15, 0.2) is 53.7 Å². The van der Waals surface area contributed by atoms with Gasteiger partial charge in [0.2, 0.25) is 11.1 Å². The molecule has 1 N–H and O–H groups in total. The SMILES string of the molecule is COc1ccc(-n2nnnc2S[C@H](C)C(=O)NCc2ccccc2OC)cc1. The van der Waals surface area contributed by atoms with Gasteiger partial charge in [0.15, 0.2) is 0 Å². The van der Waals surface area contributed by atoms with Crippen LogP contribution in [0.4, 0.5) is 0 Å². The summed E-state index contributed by atoms with van der Waals surface area (Å²) in [7, 11) is 3.22. The normalized spacial score (nSPS) is 11.7. The Morgan fingerprint density at radius 1 is 1.14 bits per heavy atom. The van der Waals surface area contributed by atoms with Crippen LogP contribution in [0.2, 0.25) is 0 Å². The van der Waals surface area contributed by atoms with E-state index in [1.165, 1.54) is 11.8 Å². The van der Waals surface area contributed by atoms with Crippen molar-refractivity contribution in [3.8, 4) is 17.2 Å². The molecule has 1 aromatic heterocycles. The number of rotatable bonds is 8. The summed E-state index contributed by atoms with van der Waals surface area (Å²) >= 11 is 1.29. The van der Waals surface area contributed by atoms with Gasteiger partial charge >= 0.3 is 0 Å². The molecule has 3 rings (SSSR count). The van der Waals surface area contributed by atoms with Crippen molar-refractivity contribution in [2.75, 3.05) is 14.2 Å². The number of carbonyl (C=O) groups excluding carboxylic acids is 1. The Morgan fingerprint density at radius 3 is 2.61 bits per heavy atom. The Morgan fingerprint density at radius 2 is 1.89 bits per heavy atom. The summed E-state index contributed by atoms with van der Waals surface area (Å²) < 4.78 is 12.1. The first-order valence-corrected chi connectivity index (χ1v) is 9.49. The summed E-state index contributed by atoms with van der Waals surface area (Å²) in [6.45, 7) is 2.20. The molecular formula is C19H21N5O3S. The van der Waals surface area contributed by atoms with E-state index < -0.39 is 0 Å². The van der Waals surface area contributed by atoms with E-state index in [0.717, 1.165) is 22.7 Å². The molecule has 0 radical (unpaired) electrons. The zero-order chi connectivity index (χ0) is 19.9. The minimum Gasteiger partial charge on any atom is -0.497 e. The molecule has 146 valence electrons. The van der Waals surface area contributed by atoms with Crippen molar-refractivity contribution in [1.29, 1.82) is 0 Å². The molecule has 0 aliphatic rings. The maximum absolute atomic E-state index is 12.5. The van der Waals surface area contributed by atoms with E-state index in [0.29, 0.717) is 11.7 Å². The maximum Gasteiger partial charge on any atom is 0.233 e. The quantitative estimate of drug-likeness (QED) is 0.582. The highest BCUT2D eigenvalue weighted by molar-refractivity contribution is 8.00. The standard InChI is InChI=1S/C19H21N5O3S/c1-13(18(25)20-12-14-6-4-5-7-17(14)27-3)28-19-21-22-23-24(19)15-8-10-16(26-2)11-9-15/h4-11,13H,12H2,1-3H3,(H,20,25)/t13-/m1/s1. The van der Waals surface area contributed by atoms with Crippen LogP contribution in [0, 0.1) is 0 Å². The van der Waals surface area contributed by atoms with E-state index in [9.17, 15) is 4.79 Å². The van der Waals surface area contributed by atoms with Gasteiger partial charge in [-0.1, -0.05) is 30.0 Å². The summed E-state index contributed by atoms with van der Waals surface area (Å²) in [5.74, 6) is 1.38. The predicted octanol–water partition coefficient (Wildman–Crippen LogP) is 2.48. The van der Waals surface area contributed by atoms with Crippen LogP contribution >= 0.6 is 11.8 Å². The van der Waals surface area contributed by atoms with Crippen LogP contribution in [0.25, 0.3) is 5.69 Å². The molecule has 0 fully saturated rings. The number of nitrogens with one attached hydrogen (secondary N) is 1. The smallest absolute Gasteiger partial charge is 0.233 e. The first-order chi connectivity index (χ1) is 13.6. The number of carbonyl (C=O) groups is 1. The molecule has 2 aromatic carbocycles. The molecule has 0 bridgehead atoms. The van der Waals surface area contributed by atoms with Gasteiger partial charge in [-0.2, -0.15) is 4.68 Å². The topological polar surface area (TPSA) is 91.2 Å². The van der Waals surface area contributed by atoms with Crippen molar-refractivity contribution in [1.82, 2.24) is 25.5 Å². The fourth-order valence-electron chi connectivity index (χ4n) is 2.52. The second-order valence-electron chi connectivity index (χ2n) is 5.86. The number of hydrogen-bond donors (Lipinski definition) is 1. The molecule has 3 aromatic rings. The van der Waals surface area contributed by atoms with Gasteiger partial charge in [-0.25, -0.2) is 0 Å². The summed E-state index contributed by atoms with van der Waals surface area (Å²) in [6.07, 6.45) is 0. The summed E-state index contributed by atoms with van der Waals surface area (Å²) in [6, 6.07) is 14.9. The molecule has 28 heavy (non-hydrogen) atoms. The lowest BCUT2D eigenvalue weighted by Crippen LogP contribution is -2.30. The van der Waals surface area contributed by atoms with Crippen LogP contribution in [-0.4, -0.2) is 45.6 Å². The number of tetrazole rings is 1. The fraction of sp³-hybridized carbons (Fsp3) is 0.263. The maximum atomic E-state index is 12.5. The van der Waals surface area contributed by atoms with Crippen molar-refractivity contribution in [3.63, 3.8) is 0 Å². The monoisotopic (exact) mass is 399 g/mol. The number of amides is 1. The number of methoxy groups -OCH3 is 2. The molecule has 0 aliphatic heterocycles. The first kappa shape index (κ1) is 19.7. The summed E-state index contributed by atoms with van der Waals surface area (Å²) in [5, 5.41) is 14.9. The molecule has 9 heteroatoms. The number of hydrogen-bond acceptors (Lipinski definition) is 7. The van der Waals surface area contributed by atoms with Crippen LogP contribution in [0.5, 0.6) is 11.5 Å². The zero-order valence-corrected chi connectivity index (χ0v) is 16.6. The second kappa shape index (κ2) is 9.23. The van der Waals surface area contributed by atoms with E-state index in [1.54, 1.807) is 18.9 Å². The number of thioether (sulfide) groups is 1. The zero-order valence-electron chi connectivity index (χ0n) is 15.8. The number of nitrogens with zero attached hydrogens (tertiary/aromatic N) is 4. The third-order valence-corrected chi connectivity index (χ3v) is 5.09. The Labute approximate surface area is 167 Å². The third kappa shape index (κ3) is 4.61. The number of benzene rings is 2. The molecule has 0 spiro atoms. The molecule has 1 atom stereocenters. The Balaban J connectivity index is 1.63. The van der Waals surface area contributed by atoms with Crippen LogP contribution in [0.3, 0.4) is 0 Å². The van der Waals surface area contributed by atoms with Crippen molar-refractivity contribution < 1.29 is 14.3 Å². The third-order valence-electron chi connectivity index (χ3n) is 4.05. The highest BCUT2D eigenvalue weighted by atomic mass is 32.2.